The lowest BCUT2D eigenvalue weighted by Gasteiger charge is -2.64. The monoisotopic (exact) mass is 695 g/mol. The summed E-state index contributed by atoms with van der Waals surface area (Å²) in [6, 6.07) is 2.33. The van der Waals surface area contributed by atoms with E-state index >= 15 is 0 Å². The molecule has 0 amide bonds. The van der Waals surface area contributed by atoms with E-state index in [0.717, 1.165) is 50.5 Å². The molecule has 0 bridgehead atoms. The molecule has 50 heavy (non-hydrogen) atoms. The average molecular weight is 696 g/mol. The summed E-state index contributed by atoms with van der Waals surface area (Å²) in [5.74, 6) is -1.00. The minimum Gasteiger partial charge on any atom is -0.481 e. The number of esters is 1. The smallest absolute Gasteiger partial charge is 0.335 e. The van der Waals surface area contributed by atoms with Crippen LogP contribution in [0.3, 0.4) is 0 Å². The molecule has 4 saturated carbocycles. The number of aromatic nitrogens is 2. The molecule has 0 aromatic carbocycles. The van der Waals surface area contributed by atoms with Crippen molar-refractivity contribution in [2.75, 3.05) is 6.61 Å². The molecule has 0 spiro atoms. The van der Waals surface area contributed by atoms with Crippen molar-refractivity contribution < 1.29 is 38.9 Å². The Bertz CT molecular complexity index is 1580. The van der Waals surface area contributed by atoms with Crippen LogP contribution in [0.4, 0.5) is 0 Å². The lowest BCUT2D eigenvalue weighted by molar-refractivity contribution is -0.219. The maximum atomic E-state index is 13.2. The third kappa shape index (κ3) is 6.70. The molecule has 274 valence electrons. The van der Waals surface area contributed by atoms with Crippen molar-refractivity contribution in [2.24, 2.45) is 34.3 Å². The SMILES string of the molecule is C[C@]12CC[C@H]3[C@@H](CCC4CC(OC(=O)[C@@H](N)Cc5cncn5C(=O)CCCCCCC(=O)O)CC[C@@]43CO)[C@@]1(O)CC[C@@H]2c1ccc(=O)oc1. The number of nitrogens with two attached hydrogens (primary N) is 1. The highest BCUT2D eigenvalue weighted by Gasteiger charge is 2.68. The number of hydrogen-bond donors (Lipinski definition) is 4. The molecule has 12 heteroatoms. The molecule has 4 aliphatic rings. The molecule has 9 atom stereocenters. The van der Waals surface area contributed by atoms with Crippen molar-refractivity contribution in [3.05, 3.63) is 52.6 Å². The number of aliphatic hydroxyl groups is 2. The predicted octanol–water partition coefficient (Wildman–Crippen LogP) is 4.60. The topological polar surface area (TPSA) is 195 Å². The molecule has 5 N–H and O–H groups in total. The Morgan fingerprint density at radius 1 is 1.04 bits per heavy atom. The summed E-state index contributed by atoms with van der Waals surface area (Å²) in [5, 5.41) is 32.3. The number of carbonyl (C=O) groups excluding carboxylic acids is 2. The number of nitrogens with zero attached hydrogens (tertiary/aromatic N) is 2. The quantitative estimate of drug-likeness (QED) is 0.169. The largest absolute Gasteiger partial charge is 0.481 e. The van der Waals surface area contributed by atoms with Gasteiger partial charge in [-0.25, -0.2) is 9.78 Å². The molecule has 12 nitrogen and oxygen atoms in total. The molecule has 2 unspecified atom stereocenters. The van der Waals surface area contributed by atoms with E-state index in [2.05, 4.69) is 11.9 Å². The zero-order valence-electron chi connectivity index (χ0n) is 29.1. The van der Waals surface area contributed by atoms with Crippen molar-refractivity contribution in [2.45, 2.75) is 133 Å². The fourth-order valence-corrected chi connectivity index (χ4v) is 10.8. The molecule has 2 aromatic heterocycles. The van der Waals surface area contributed by atoms with Crippen molar-refractivity contribution in [1.82, 2.24) is 9.55 Å². The van der Waals surface area contributed by atoms with Gasteiger partial charge in [-0.05, 0) is 111 Å². The number of hydrogen-bond acceptors (Lipinski definition) is 10. The van der Waals surface area contributed by atoms with Crippen LogP contribution >= 0.6 is 0 Å². The van der Waals surface area contributed by atoms with Crippen LogP contribution in [0.1, 0.15) is 125 Å². The molecule has 0 radical (unpaired) electrons. The number of carboxylic acid groups (broad SMARTS) is 1. The number of fused-ring (bicyclic) bond motifs is 5. The minimum absolute atomic E-state index is 0.0411. The summed E-state index contributed by atoms with van der Waals surface area (Å²) in [5.41, 5.74) is 5.87. The van der Waals surface area contributed by atoms with E-state index in [1.165, 1.54) is 17.0 Å². The van der Waals surface area contributed by atoms with Gasteiger partial charge in [-0.1, -0.05) is 19.8 Å². The van der Waals surface area contributed by atoms with Crippen LogP contribution in [-0.4, -0.2) is 67.1 Å². The highest BCUT2D eigenvalue weighted by molar-refractivity contribution is 5.80. The van der Waals surface area contributed by atoms with E-state index in [-0.39, 0.29) is 78.0 Å². The summed E-state index contributed by atoms with van der Waals surface area (Å²) in [6.07, 6.45) is 14.3. The molecule has 6 rings (SSSR count). The Morgan fingerprint density at radius 3 is 2.54 bits per heavy atom. The summed E-state index contributed by atoms with van der Waals surface area (Å²) >= 11 is 0. The number of carboxylic acids is 1. The standard InChI is InChI=1S/C38H53N3O9/c1-36-15-13-29-30(38(36,48)17-14-28(36)24-8-11-34(46)49-21-24)10-9-25-18-27(12-16-37(25,29)22-42)50-35(47)31(39)19-26-20-40-23-41(26)32(43)6-4-2-3-5-7-33(44)45/h8,11,20-21,23,25,27-31,42,48H,2-7,9-10,12-19,22,39H2,1H3,(H,44,45)/t25?,27?,28-,29+,30-,31+,36-,37-,38+/m1/s1. The summed E-state index contributed by atoms with van der Waals surface area (Å²) in [7, 11) is 0. The highest BCUT2D eigenvalue weighted by Crippen LogP contribution is 2.70. The van der Waals surface area contributed by atoms with Gasteiger partial charge in [0.25, 0.3) is 0 Å². The number of rotatable bonds is 13. The van der Waals surface area contributed by atoms with Crippen LogP contribution in [0.15, 0.2) is 40.1 Å². The third-order valence-electron chi connectivity index (χ3n) is 13.5. The summed E-state index contributed by atoms with van der Waals surface area (Å²) in [6.45, 7) is 2.24. The number of aliphatic carboxylic acids is 1. The molecule has 0 saturated heterocycles. The number of ether oxygens (including phenoxy) is 1. The van der Waals surface area contributed by atoms with Crippen molar-refractivity contribution in [3.8, 4) is 0 Å². The Balaban J connectivity index is 1.04. The van der Waals surface area contributed by atoms with Gasteiger partial charge in [-0.3, -0.25) is 19.0 Å². The molecule has 2 aromatic rings. The molecule has 0 aliphatic heterocycles. The second-order valence-corrected chi connectivity index (χ2v) is 15.8. The molecular weight excluding hydrogens is 642 g/mol. The van der Waals surface area contributed by atoms with Gasteiger partial charge in [0.2, 0.25) is 5.91 Å². The fourth-order valence-electron chi connectivity index (χ4n) is 10.8. The fraction of sp³-hybridized carbons (Fsp3) is 0.711. The van der Waals surface area contributed by atoms with E-state index in [0.29, 0.717) is 44.2 Å². The van der Waals surface area contributed by atoms with Gasteiger partial charge >= 0.3 is 17.6 Å². The lowest BCUT2D eigenvalue weighted by Crippen LogP contribution is -2.63. The van der Waals surface area contributed by atoms with E-state index in [9.17, 15) is 29.4 Å². The number of imidazole rings is 1. The van der Waals surface area contributed by atoms with Gasteiger partial charge < -0.3 is 30.2 Å². The normalized spacial score (nSPS) is 33.9. The Morgan fingerprint density at radius 2 is 1.82 bits per heavy atom. The van der Waals surface area contributed by atoms with E-state index in [1.807, 2.05) is 6.07 Å². The zero-order valence-corrected chi connectivity index (χ0v) is 29.1. The zero-order chi connectivity index (χ0) is 35.7. The third-order valence-corrected chi connectivity index (χ3v) is 13.5. The van der Waals surface area contributed by atoms with Crippen LogP contribution in [0, 0.1) is 28.6 Å². The minimum atomic E-state index is -0.965. The number of carbonyl (C=O) groups is 3. The van der Waals surface area contributed by atoms with Gasteiger partial charge in [0.1, 0.15) is 18.5 Å². The summed E-state index contributed by atoms with van der Waals surface area (Å²) in [4.78, 5) is 52.5. The average Bonchev–Trinajstić information content (AvgIpc) is 3.67. The second-order valence-electron chi connectivity index (χ2n) is 15.8. The first-order valence-electron chi connectivity index (χ1n) is 18.6. The highest BCUT2D eigenvalue weighted by atomic mass is 16.5. The van der Waals surface area contributed by atoms with Crippen LogP contribution in [0.25, 0.3) is 0 Å². The Labute approximate surface area is 292 Å². The van der Waals surface area contributed by atoms with Crippen LogP contribution < -0.4 is 11.4 Å². The van der Waals surface area contributed by atoms with Crippen molar-refractivity contribution in [1.29, 1.82) is 0 Å². The molecule has 4 aliphatic carbocycles. The van der Waals surface area contributed by atoms with Crippen molar-refractivity contribution in [3.63, 3.8) is 0 Å². The van der Waals surface area contributed by atoms with Gasteiger partial charge in [0, 0.05) is 49.2 Å². The van der Waals surface area contributed by atoms with E-state index in [4.69, 9.17) is 20.0 Å². The van der Waals surface area contributed by atoms with E-state index in [1.54, 1.807) is 12.5 Å². The van der Waals surface area contributed by atoms with Crippen molar-refractivity contribution >= 4 is 17.8 Å². The molecular formula is C38H53N3O9. The maximum absolute atomic E-state index is 13.2. The second kappa shape index (κ2) is 14.7. The van der Waals surface area contributed by atoms with Gasteiger partial charge in [0.05, 0.1) is 11.9 Å². The lowest BCUT2D eigenvalue weighted by atomic mass is 9.43. The van der Waals surface area contributed by atoms with Gasteiger partial charge in [-0.2, -0.15) is 0 Å². The van der Waals surface area contributed by atoms with E-state index < -0.39 is 23.6 Å². The number of unbranched alkanes of at least 4 members (excludes halogenated alkanes) is 3. The first kappa shape index (κ1) is 36.4. The van der Waals surface area contributed by atoms with Crippen LogP contribution in [0.2, 0.25) is 0 Å². The van der Waals surface area contributed by atoms with Crippen LogP contribution in [-0.2, 0) is 20.7 Å². The van der Waals surface area contributed by atoms with Gasteiger partial charge in [0.15, 0.2) is 0 Å². The summed E-state index contributed by atoms with van der Waals surface area (Å²) < 4.78 is 12.6. The number of aliphatic hydroxyl groups excluding tert-OH is 1. The molecule has 2 heterocycles. The predicted molar refractivity (Wildman–Crippen MR) is 182 cm³/mol. The first-order valence-corrected chi connectivity index (χ1v) is 18.6. The first-order chi connectivity index (χ1) is 23.9. The van der Waals surface area contributed by atoms with Gasteiger partial charge in [-0.15, -0.1) is 0 Å². The Kier molecular flexibility index (Phi) is 10.7. The Hall–Kier alpha value is -3.35. The van der Waals surface area contributed by atoms with Crippen LogP contribution in [0.5, 0.6) is 0 Å². The maximum Gasteiger partial charge on any atom is 0.335 e. The molecule has 4 fully saturated rings.